The average Bonchev–Trinajstić information content (AvgIpc) is 2.37. The van der Waals surface area contributed by atoms with Crippen molar-refractivity contribution >= 4 is 23.0 Å². The summed E-state index contributed by atoms with van der Waals surface area (Å²) in [7, 11) is 1.66. The van der Waals surface area contributed by atoms with Crippen molar-refractivity contribution in [2.45, 2.75) is 33.0 Å². The van der Waals surface area contributed by atoms with Crippen LogP contribution in [-0.2, 0) is 4.74 Å². The number of hydrogen-bond donors (Lipinski definition) is 1. The Balaban J connectivity index is 2.09. The van der Waals surface area contributed by atoms with Crippen molar-refractivity contribution in [2.24, 2.45) is 0 Å². The monoisotopic (exact) mass is 294 g/mol. The van der Waals surface area contributed by atoms with Crippen LogP contribution in [0, 0.1) is 6.92 Å². The molecule has 0 unspecified atom stereocenters. The number of anilines is 1. The molecule has 20 heavy (non-hydrogen) atoms. The van der Waals surface area contributed by atoms with Gasteiger partial charge in [-0.15, -0.1) is 0 Å². The number of aryl methyl sites for hydroxylation is 1. The highest BCUT2D eigenvalue weighted by atomic mass is 32.1. The first kappa shape index (κ1) is 15.1. The van der Waals surface area contributed by atoms with Crippen molar-refractivity contribution in [1.82, 2.24) is 4.90 Å². The van der Waals surface area contributed by atoms with Crippen LogP contribution >= 0.6 is 12.2 Å². The fourth-order valence-electron chi connectivity index (χ4n) is 2.46. The van der Waals surface area contributed by atoms with Crippen LogP contribution in [0.3, 0.4) is 0 Å². The maximum Gasteiger partial charge on any atom is 0.173 e. The Kier molecular flexibility index (Phi) is 4.83. The molecule has 2 rings (SSSR count). The summed E-state index contributed by atoms with van der Waals surface area (Å²) >= 11 is 5.52. The van der Waals surface area contributed by atoms with Crippen molar-refractivity contribution in [2.75, 3.05) is 25.5 Å². The highest BCUT2D eigenvalue weighted by molar-refractivity contribution is 7.80. The van der Waals surface area contributed by atoms with Gasteiger partial charge in [-0.1, -0.05) is 6.07 Å². The molecule has 1 saturated heterocycles. The SMILES string of the molecule is COc1ccc(C)cc1NC(=S)N1C[C@@H](C)O[C@@H](C)C1. The van der Waals surface area contributed by atoms with Crippen LogP contribution in [0.15, 0.2) is 18.2 Å². The van der Waals surface area contributed by atoms with Crippen LogP contribution in [0.5, 0.6) is 5.75 Å². The van der Waals surface area contributed by atoms with Gasteiger partial charge in [0.15, 0.2) is 5.11 Å². The molecule has 1 aromatic carbocycles. The summed E-state index contributed by atoms with van der Waals surface area (Å²) in [6, 6.07) is 6.01. The highest BCUT2D eigenvalue weighted by Crippen LogP contribution is 2.26. The highest BCUT2D eigenvalue weighted by Gasteiger charge is 2.24. The number of methoxy groups -OCH3 is 1. The van der Waals surface area contributed by atoms with E-state index in [4.69, 9.17) is 21.7 Å². The Labute approximate surface area is 126 Å². The Morgan fingerprint density at radius 2 is 2.00 bits per heavy atom. The molecule has 0 spiro atoms. The van der Waals surface area contributed by atoms with E-state index in [1.807, 2.05) is 25.1 Å². The second kappa shape index (κ2) is 6.41. The fourth-order valence-corrected chi connectivity index (χ4v) is 2.72. The van der Waals surface area contributed by atoms with Crippen LogP contribution in [0.25, 0.3) is 0 Å². The zero-order valence-corrected chi connectivity index (χ0v) is 13.3. The lowest BCUT2D eigenvalue weighted by Crippen LogP contribution is -2.49. The van der Waals surface area contributed by atoms with E-state index in [2.05, 4.69) is 24.1 Å². The Morgan fingerprint density at radius 3 is 2.60 bits per heavy atom. The molecule has 0 aliphatic carbocycles. The minimum Gasteiger partial charge on any atom is -0.495 e. The lowest BCUT2D eigenvalue weighted by molar-refractivity contribution is -0.0473. The molecule has 110 valence electrons. The number of nitrogens with one attached hydrogen (secondary N) is 1. The van der Waals surface area contributed by atoms with Crippen molar-refractivity contribution in [3.8, 4) is 5.75 Å². The van der Waals surface area contributed by atoms with Crippen molar-refractivity contribution < 1.29 is 9.47 Å². The predicted molar refractivity (Wildman–Crippen MR) is 85.5 cm³/mol. The number of ether oxygens (including phenoxy) is 2. The second-order valence-electron chi connectivity index (χ2n) is 5.30. The van der Waals surface area contributed by atoms with Crippen LogP contribution in [0.4, 0.5) is 5.69 Å². The van der Waals surface area contributed by atoms with Crippen LogP contribution in [-0.4, -0.2) is 42.4 Å². The molecule has 0 radical (unpaired) electrons. The second-order valence-corrected chi connectivity index (χ2v) is 5.68. The fraction of sp³-hybridized carbons (Fsp3) is 0.533. The first-order valence-electron chi connectivity index (χ1n) is 6.85. The minimum absolute atomic E-state index is 0.193. The van der Waals surface area contributed by atoms with Gasteiger partial charge in [0, 0.05) is 13.1 Å². The molecule has 0 amide bonds. The van der Waals surface area contributed by atoms with E-state index >= 15 is 0 Å². The first-order chi connectivity index (χ1) is 9.49. The molecule has 1 fully saturated rings. The maximum absolute atomic E-state index is 5.73. The Morgan fingerprint density at radius 1 is 1.35 bits per heavy atom. The van der Waals surface area contributed by atoms with Gasteiger partial charge in [-0.2, -0.15) is 0 Å². The molecule has 4 nitrogen and oxygen atoms in total. The van der Waals surface area contributed by atoms with E-state index in [0.717, 1.165) is 29.6 Å². The van der Waals surface area contributed by atoms with E-state index in [1.165, 1.54) is 5.56 Å². The summed E-state index contributed by atoms with van der Waals surface area (Å²) in [6.45, 7) is 7.80. The van der Waals surface area contributed by atoms with Gasteiger partial charge in [-0.05, 0) is 50.7 Å². The van der Waals surface area contributed by atoms with Gasteiger partial charge in [-0.25, -0.2) is 0 Å². The van der Waals surface area contributed by atoms with Gasteiger partial charge in [0.1, 0.15) is 5.75 Å². The topological polar surface area (TPSA) is 33.7 Å². The van der Waals surface area contributed by atoms with E-state index in [0.29, 0.717) is 0 Å². The molecular weight excluding hydrogens is 272 g/mol. The van der Waals surface area contributed by atoms with E-state index < -0.39 is 0 Å². The molecule has 5 heteroatoms. The van der Waals surface area contributed by atoms with Crippen LogP contribution < -0.4 is 10.1 Å². The van der Waals surface area contributed by atoms with Crippen LogP contribution in [0.1, 0.15) is 19.4 Å². The Hall–Kier alpha value is -1.33. The first-order valence-corrected chi connectivity index (χ1v) is 7.26. The number of benzene rings is 1. The molecule has 1 N–H and O–H groups in total. The lowest BCUT2D eigenvalue weighted by Gasteiger charge is -2.37. The number of thiocarbonyl (C=S) groups is 1. The lowest BCUT2D eigenvalue weighted by atomic mass is 10.2. The zero-order valence-electron chi connectivity index (χ0n) is 12.5. The van der Waals surface area contributed by atoms with Gasteiger partial charge in [0.05, 0.1) is 25.0 Å². The third-order valence-corrected chi connectivity index (χ3v) is 3.66. The number of rotatable bonds is 2. The Bertz CT molecular complexity index is 483. The molecule has 2 atom stereocenters. The normalized spacial score (nSPS) is 22.5. The number of hydrogen-bond acceptors (Lipinski definition) is 3. The van der Waals surface area contributed by atoms with Gasteiger partial charge in [-0.3, -0.25) is 0 Å². The zero-order chi connectivity index (χ0) is 14.7. The van der Waals surface area contributed by atoms with Crippen molar-refractivity contribution in [3.05, 3.63) is 23.8 Å². The largest absolute Gasteiger partial charge is 0.495 e. The standard InChI is InChI=1S/C15H22N2O2S/c1-10-5-6-14(18-4)13(7-10)16-15(20)17-8-11(2)19-12(3)9-17/h5-7,11-12H,8-9H2,1-4H3,(H,16,20)/t11-,12+. The number of nitrogens with zero attached hydrogens (tertiary/aromatic N) is 1. The summed E-state index contributed by atoms with van der Waals surface area (Å²) in [6.07, 6.45) is 0.385. The summed E-state index contributed by atoms with van der Waals surface area (Å²) in [4.78, 5) is 2.15. The summed E-state index contributed by atoms with van der Waals surface area (Å²) in [5, 5.41) is 4.01. The molecule has 0 bridgehead atoms. The quantitative estimate of drug-likeness (QED) is 0.848. The van der Waals surface area contributed by atoms with E-state index in [-0.39, 0.29) is 12.2 Å². The summed E-state index contributed by atoms with van der Waals surface area (Å²) in [5.74, 6) is 0.798. The molecule has 0 saturated carbocycles. The predicted octanol–water partition coefficient (Wildman–Crippen LogP) is 2.81. The van der Waals surface area contributed by atoms with Gasteiger partial charge < -0.3 is 19.7 Å². The molecule has 1 heterocycles. The molecule has 1 aliphatic heterocycles. The van der Waals surface area contributed by atoms with Crippen molar-refractivity contribution in [1.29, 1.82) is 0 Å². The van der Waals surface area contributed by atoms with Gasteiger partial charge in [0.25, 0.3) is 0 Å². The molecule has 1 aliphatic rings. The summed E-state index contributed by atoms with van der Waals surface area (Å²) < 4.78 is 11.1. The smallest absolute Gasteiger partial charge is 0.173 e. The van der Waals surface area contributed by atoms with Gasteiger partial charge >= 0.3 is 0 Å². The van der Waals surface area contributed by atoms with E-state index in [1.54, 1.807) is 7.11 Å². The van der Waals surface area contributed by atoms with Crippen molar-refractivity contribution in [3.63, 3.8) is 0 Å². The third kappa shape index (κ3) is 3.61. The number of morpholine rings is 1. The minimum atomic E-state index is 0.193. The molecule has 0 aromatic heterocycles. The van der Waals surface area contributed by atoms with E-state index in [9.17, 15) is 0 Å². The average molecular weight is 294 g/mol. The maximum atomic E-state index is 5.73. The summed E-state index contributed by atoms with van der Waals surface area (Å²) in [5.41, 5.74) is 2.07. The third-order valence-electron chi connectivity index (χ3n) is 3.30. The van der Waals surface area contributed by atoms with Gasteiger partial charge in [0.2, 0.25) is 0 Å². The van der Waals surface area contributed by atoms with Crippen LogP contribution in [0.2, 0.25) is 0 Å². The molecule has 1 aromatic rings. The molecular formula is C15H22N2O2S.